The second-order valence-corrected chi connectivity index (χ2v) is 4.79. The SMILES string of the molecule is N#Cc1ccc(Cl)c(NC(=O)c2n[nH]c3ccccc23)c1. The molecule has 2 aromatic carbocycles. The molecule has 3 aromatic rings. The van der Waals surface area contributed by atoms with Crippen LogP contribution in [0.15, 0.2) is 42.5 Å². The van der Waals surface area contributed by atoms with Gasteiger partial charge in [0, 0.05) is 5.39 Å². The first kappa shape index (κ1) is 13.2. The summed E-state index contributed by atoms with van der Waals surface area (Å²) in [5, 5.41) is 19.5. The third kappa shape index (κ3) is 2.45. The zero-order chi connectivity index (χ0) is 14.8. The largest absolute Gasteiger partial charge is 0.319 e. The number of aromatic nitrogens is 2. The number of carbonyl (C=O) groups is 1. The monoisotopic (exact) mass is 296 g/mol. The number of H-pyrrole nitrogens is 1. The molecule has 0 aliphatic heterocycles. The second kappa shape index (κ2) is 5.27. The molecule has 0 saturated carbocycles. The Hall–Kier alpha value is -2.84. The number of rotatable bonds is 2. The predicted octanol–water partition coefficient (Wildman–Crippen LogP) is 3.34. The predicted molar refractivity (Wildman–Crippen MR) is 80.2 cm³/mol. The number of aromatic amines is 1. The maximum absolute atomic E-state index is 12.3. The van der Waals surface area contributed by atoms with Crippen molar-refractivity contribution in [2.45, 2.75) is 0 Å². The highest BCUT2D eigenvalue weighted by atomic mass is 35.5. The lowest BCUT2D eigenvalue weighted by Gasteiger charge is -2.06. The number of nitrogens with zero attached hydrogens (tertiary/aromatic N) is 2. The summed E-state index contributed by atoms with van der Waals surface area (Å²) < 4.78 is 0. The summed E-state index contributed by atoms with van der Waals surface area (Å²) in [4.78, 5) is 12.3. The maximum atomic E-state index is 12.3. The van der Waals surface area contributed by atoms with Crippen molar-refractivity contribution >= 4 is 34.1 Å². The lowest BCUT2D eigenvalue weighted by molar-refractivity contribution is 0.102. The van der Waals surface area contributed by atoms with E-state index in [1.807, 2.05) is 24.3 Å². The topological polar surface area (TPSA) is 81.6 Å². The molecule has 1 heterocycles. The lowest BCUT2D eigenvalue weighted by Crippen LogP contribution is -2.13. The number of para-hydroxylation sites is 1. The van der Waals surface area contributed by atoms with E-state index in [0.29, 0.717) is 16.3 Å². The maximum Gasteiger partial charge on any atom is 0.276 e. The number of halogens is 1. The molecule has 1 aromatic heterocycles. The summed E-state index contributed by atoms with van der Waals surface area (Å²) in [6.45, 7) is 0. The van der Waals surface area contributed by atoms with Crippen molar-refractivity contribution in [2.75, 3.05) is 5.32 Å². The van der Waals surface area contributed by atoms with E-state index in [1.54, 1.807) is 18.2 Å². The van der Waals surface area contributed by atoms with Gasteiger partial charge in [0.15, 0.2) is 5.69 Å². The number of hydrogen-bond donors (Lipinski definition) is 2. The van der Waals surface area contributed by atoms with E-state index in [-0.39, 0.29) is 11.6 Å². The summed E-state index contributed by atoms with van der Waals surface area (Å²) in [5.41, 5.74) is 1.86. The highest BCUT2D eigenvalue weighted by Crippen LogP contribution is 2.24. The van der Waals surface area contributed by atoms with Crippen molar-refractivity contribution in [1.29, 1.82) is 5.26 Å². The zero-order valence-corrected chi connectivity index (χ0v) is 11.5. The van der Waals surface area contributed by atoms with Gasteiger partial charge in [0.1, 0.15) is 0 Å². The van der Waals surface area contributed by atoms with E-state index in [4.69, 9.17) is 16.9 Å². The van der Waals surface area contributed by atoms with Crippen molar-refractivity contribution < 1.29 is 4.79 Å². The number of fused-ring (bicyclic) bond motifs is 1. The Labute approximate surface area is 125 Å². The van der Waals surface area contributed by atoms with Gasteiger partial charge in [-0.2, -0.15) is 10.4 Å². The van der Waals surface area contributed by atoms with Crippen LogP contribution in [0.2, 0.25) is 5.02 Å². The van der Waals surface area contributed by atoms with Gasteiger partial charge < -0.3 is 5.32 Å². The van der Waals surface area contributed by atoms with Crippen molar-refractivity contribution in [2.24, 2.45) is 0 Å². The molecule has 102 valence electrons. The Balaban J connectivity index is 1.95. The van der Waals surface area contributed by atoms with Crippen LogP contribution in [0.5, 0.6) is 0 Å². The molecule has 0 radical (unpaired) electrons. The van der Waals surface area contributed by atoms with Crippen LogP contribution in [-0.2, 0) is 0 Å². The minimum atomic E-state index is -0.385. The molecule has 5 nitrogen and oxygen atoms in total. The first-order valence-electron chi connectivity index (χ1n) is 6.13. The number of amides is 1. The molecule has 3 rings (SSSR count). The van der Waals surface area contributed by atoms with Crippen LogP contribution < -0.4 is 5.32 Å². The van der Waals surface area contributed by atoms with Gasteiger partial charge >= 0.3 is 0 Å². The molecular weight excluding hydrogens is 288 g/mol. The third-order valence-electron chi connectivity index (χ3n) is 3.03. The fraction of sp³-hybridized carbons (Fsp3) is 0. The van der Waals surface area contributed by atoms with Gasteiger partial charge in [-0.05, 0) is 24.3 Å². The molecule has 0 aliphatic carbocycles. The quantitative estimate of drug-likeness (QED) is 0.761. The minimum Gasteiger partial charge on any atom is -0.319 e. The number of anilines is 1. The summed E-state index contributed by atoms with van der Waals surface area (Å²) in [6.07, 6.45) is 0. The highest BCUT2D eigenvalue weighted by Gasteiger charge is 2.15. The first-order chi connectivity index (χ1) is 10.2. The minimum absolute atomic E-state index is 0.282. The van der Waals surface area contributed by atoms with Crippen molar-refractivity contribution in [3.63, 3.8) is 0 Å². The van der Waals surface area contributed by atoms with Crippen LogP contribution in [0.25, 0.3) is 10.9 Å². The van der Waals surface area contributed by atoms with Crippen LogP contribution >= 0.6 is 11.6 Å². The van der Waals surface area contributed by atoms with E-state index in [0.717, 1.165) is 10.9 Å². The summed E-state index contributed by atoms with van der Waals surface area (Å²) in [6, 6.07) is 14.0. The van der Waals surface area contributed by atoms with Gasteiger partial charge in [-0.3, -0.25) is 9.89 Å². The number of benzene rings is 2. The van der Waals surface area contributed by atoms with Crippen LogP contribution in [0.3, 0.4) is 0 Å². The summed E-state index contributed by atoms with van der Waals surface area (Å²) >= 11 is 6.02. The number of nitrogens with one attached hydrogen (secondary N) is 2. The van der Waals surface area contributed by atoms with Crippen LogP contribution in [0, 0.1) is 11.3 Å². The average molecular weight is 297 g/mol. The van der Waals surface area contributed by atoms with Gasteiger partial charge in [-0.15, -0.1) is 0 Å². The van der Waals surface area contributed by atoms with E-state index < -0.39 is 0 Å². The Morgan fingerprint density at radius 3 is 2.90 bits per heavy atom. The van der Waals surface area contributed by atoms with E-state index >= 15 is 0 Å². The molecule has 0 unspecified atom stereocenters. The van der Waals surface area contributed by atoms with Crippen LogP contribution in [0.1, 0.15) is 16.1 Å². The molecule has 1 amide bonds. The fourth-order valence-electron chi connectivity index (χ4n) is 2.01. The van der Waals surface area contributed by atoms with Gasteiger partial charge in [-0.25, -0.2) is 0 Å². The standard InChI is InChI=1S/C15H9ClN4O/c16-11-6-5-9(8-17)7-13(11)18-15(21)14-10-3-1-2-4-12(10)19-20-14/h1-7H,(H,18,21)(H,19,20). The average Bonchev–Trinajstić information content (AvgIpc) is 2.93. The Morgan fingerprint density at radius 1 is 1.29 bits per heavy atom. The van der Waals surface area contributed by atoms with E-state index in [9.17, 15) is 4.79 Å². The Morgan fingerprint density at radius 2 is 2.10 bits per heavy atom. The molecule has 21 heavy (non-hydrogen) atoms. The molecule has 0 aliphatic rings. The van der Waals surface area contributed by atoms with Crippen LogP contribution in [-0.4, -0.2) is 16.1 Å². The highest BCUT2D eigenvalue weighted by molar-refractivity contribution is 6.34. The molecular formula is C15H9ClN4O. The Kier molecular flexibility index (Phi) is 3.30. The molecule has 0 saturated heterocycles. The van der Waals surface area contributed by atoms with Gasteiger partial charge in [0.25, 0.3) is 5.91 Å². The summed E-state index contributed by atoms with van der Waals surface area (Å²) in [7, 11) is 0. The summed E-state index contributed by atoms with van der Waals surface area (Å²) in [5.74, 6) is -0.385. The van der Waals surface area contributed by atoms with Gasteiger partial charge in [-0.1, -0.05) is 29.8 Å². The smallest absolute Gasteiger partial charge is 0.276 e. The fourth-order valence-corrected chi connectivity index (χ4v) is 2.17. The lowest BCUT2D eigenvalue weighted by atomic mass is 10.2. The molecule has 0 spiro atoms. The van der Waals surface area contributed by atoms with Gasteiger partial charge in [0.05, 0.1) is 27.9 Å². The number of nitriles is 1. The van der Waals surface area contributed by atoms with Crippen molar-refractivity contribution in [1.82, 2.24) is 10.2 Å². The molecule has 2 N–H and O–H groups in total. The number of carbonyl (C=O) groups excluding carboxylic acids is 1. The normalized spacial score (nSPS) is 10.3. The second-order valence-electron chi connectivity index (χ2n) is 4.38. The molecule has 0 bridgehead atoms. The Bertz CT molecular complexity index is 879. The molecule has 0 atom stereocenters. The van der Waals surface area contributed by atoms with E-state index in [2.05, 4.69) is 15.5 Å². The van der Waals surface area contributed by atoms with Crippen LogP contribution in [0.4, 0.5) is 5.69 Å². The van der Waals surface area contributed by atoms with E-state index in [1.165, 1.54) is 6.07 Å². The molecule has 0 fully saturated rings. The number of hydrogen-bond acceptors (Lipinski definition) is 3. The van der Waals surface area contributed by atoms with Crippen molar-refractivity contribution in [3.05, 3.63) is 58.7 Å². The first-order valence-corrected chi connectivity index (χ1v) is 6.51. The van der Waals surface area contributed by atoms with Crippen molar-refractivity contribution in [3.8, 4) is 6.07 Å². The zero-order valence-electron chi connectivity index (χ0n) is 10.7. The third-order valence-corrected chi connectivity index (χ3v) is 3.36. The molecule has 6 heteroatoms. The van der Waals surface area contributed by atoms with Gasteiger partial charge in [0.2, 0.25) is 0 Å².